The zero-order valence-corrected chi connectivity index (χ0v) is 25.5. The summed E-state index contributed by atoms with van der Waals surface area (Å²) in [6.45, 7) is 1.18. The van der Waals surface area contributed by atoms with E-state index in [0.717, 1.165) is 0 Å². The van der Waals surface area contributed by atoms with Crippen LogP contribution in [0.25, 0.3) is 0 Å². The van der Waals surface area contributed by atoms with Crippen LogP contribution in [0.2, 0.25) is 0 Å². The fourth-order valence-electron chi connectivity index (χ4n) is 5.85. The molecule has 1 heterocycles. The minimum absolute atomic E-state index is 0.166. The quantitative estimate of drug-likeness (QED) is 0.214. The summed E-state index contributed by atoms with van der Waals surface area (Å²) < 4.78 is 71.2. The van der Waals surface area contributed by atoms with Gasteiger partial charge in [0.15, 0.2) is 0 Å². The van der Waals surface area contributed by atoms with Gasteiger partial charge in [0.1, 0.15) is 17.5 Å². The Morgan fingerprint density at radius 1 is 0.889 bits per heavy atom. The second kappa shape index (κ2) is 14.4. The monoisotopic (exact) mass is 636 g/mol. The lowest BCUT2D eigenvalue weighted by Gasteiger charge is -2.35. The molecule has 0 bridgehead atoms. The van der Waals surface area contributed by atoms with Gasteiger partial charge in [-0.1, -0.05) is 48.5 Å². The van der Waals surface area contributed by atoms with Crippen LogP contribution < -0.4 is 16.0 Å². The van der Waals surface area contributed by atoms with Gasteiger partial charge in [-0.25, -0.2) is 21.6 Å². The Hall–Kier alpha value is -4.03. The van der Waals surface area contributed by atoms with Gasteiger partial charge in [0.05, 0.1) is 10.9 Å². The van der Waals surface area contributed by atoms with Gasteiger partial charge < -0.3 is 16.0 Å². The molecule has 1 aliphatic heterocycles. The lowest BCUT2D eigenvalue weighted by molar-refractivity contribution is -0.118. The van der Waals surface area contributed by atoms with E-state index in [1.165, 1.54) is 40.7 Å². The molecule has 4 aromatic rings. The molecule has 7 nitrogen and oxygen atoms in total. The van der Waals surface area contributed by atoms with Crippen molar-refractivity contribution in [2.75, 3.05) is 32.0 Å². The van der Waals surface area contributed by atoms with Gasteiger partial charge >= 0.3 is 0 Å². The number of piperazine rings is 1. The first-order valence-corrected chi connectivity index (χ1v) is 16.2. The highest BCUT2D eigenvalue weighted by molar-refractivity contribution is 7.89. The minimum Gasteiger partial charge on any atom is -0.324 e. The molecule has 1 aliphatic rings. The molecule has 0 aliphatic carbocycles. The molecule has 0 unspecified atom stereocenters. The Balaban J connectivity index is 1.39. The van der Waals surface area contributed by atoms with Crippen molar-refractivity contribution in [2.24, 2.45) is 0 Å². The number of hydrogen-bond acceptors (Lipinski definition) is 5. The molecule has 1 saturated heterocycles. The van der Waals surface area contributed by atoms with E-state index >= 15 is 4.39 Å². The largest absolute Gasteiger partial charge is 0.324 e. The number of sulfonamides is 1. The first-order chi connectivity index (χ1) is 21.7. The maximum Gasteiger partial charge on any atom is 0.243 e. The van der Waals surface area contributed by atoms with Crippen LogP contribution in [0.1, 0.15) is 29.0 Å². The van der Waals surface area contributed by atoms with Crippen LogP contribution in [-0.4, -0.2) is 57.4 Å². The third-order valence-electron chi connectivity index (χ3n) is 8.14. The summed E-state index contributed by atoms with van der Waals surface area (Å²) in [6.07, 6.45) is 0.477. The van der Waals surface area contributed by atoms with Crippen molar-refractivity contribution in [3.05, 3.63) is 131 Å². The summed E-state index contributed by atoms with van der Waals surface area (Å²) in [5.41, 5.74) is 1.77. The number of carbonyl (C=O) groups is 1. The van der Waals surface area contributed by atoms with Crippen molar-refractivity contribution in [3.63, 3.8) is 0 Å². The first kappa shape index (κ1) is 32.4. The van der Waals surface area contributed by atoms with Crippen LogP contribution >= 0.6 is 0 Å². The number of rotatable bonds is 11. The molecule has 4 aromatic carbocycles. The topological polar surface area (TPSA) is 90.5 Å². The van der Waals surface area contributed by atoms with Gasteiger partial charge in [0.25, 0.3) is 0 Å². The third-order valence-corrected chi connectivity index (χ3v) is 10.1. The number of halogens is 3. The highest BCUT2D eigenvalue weighted by Crippen LogP contribution is 2.31. The fourth-order valence-corrected chi connectivity index (χ4v) is 7.53. The smallest absolute Gasteiger partial charge is 0.243 e. The Kier molecular flexibility index (Phi) is 10.3. The van der Waals surface area contributed by atoms with Crippen LogP contribution in [0.5, 0.6) is 0 Å². The zero-order chi connectivity index (χ0) is 32.0. The molecule has 0 aromatic heterocycles. The summed E-state index contributed by atoms with van der Waals surface area (Å²) in [6, 6.07) is 22.8. The lowest BCUT2D eigenvalue weighted by Crippen LogP contribution is -2.53. The van der Waals surface area contributed by atoms with E-state index in [9.17, 15) is 22.0 Å². The predicted octanol–water partition coefficient (Wildman–Crippen LogP) is 5.06. The van der Waals surface area contributed by atoms with Crippen LogP contribution in [-0.2, 0) is 21.2 Å². The van der Waals surface area contributed by atoms with Gasteiger partial charge in [0, 0.05) is 42.8 Å². The molecule has 2 atom stereocenters. The van der Waals surface area contributed by atoms with Crippen LogP contribution in [0.15, 0.2) is 102 Å². The fraction of sp³-hybridized carbons (Fsp3) is 0.265. The van der Waals surface area contributed by atoms with Crippen molar-refractivity contribution in [3.8, 4) is 0 Å². The molecule has 5 rings (SSSR count). The van der Waals surface area contributed by atoms with Crippen molar-refractivity contribution in [1.29, 1.82) is 0 Å². The van der Waals surface area contributed by atoms with Gasteiger partial charge in [-0.3, -0.25) is 4.79 Å². The lowest BCUT2D eigenvalue weighted by atomic mass is 9.84. The Bertz CT molecular complexity index is 1660. The molecule has 0 radical (unpaired) electrons. The normalized spacial score (nSPS) is 16.4. The second-order valence-corrected chi connectivity index (χ2v) is 12.8. The average molecular weight is 637 g/mol. The molecule has 1 amide bonds. The number of carbonyl (C=O) groups excluding carboxylic acids is 1. The van der Waals surface area contributed by atoms with Crippen molar-refractivity contribution in [1.82, 2.24) is 14.9 Å². The predicted molar refractivity (Wildman–Crippen MR) is 168 cm³/mol. The number of nitrogens with zero attached hydrogens (tertiary/aromatic N) is 1. The summed E-state index contributed by atoms with van der Waals surface area (Å²) in [5.74, 6) is -2.50. The standard InChI is InChI=1S/C34H35F3N4O3S/c1-38-33(32(23-10-14-25(35)15-11-23)24-12-16-26(36)17-13-24)34(42)40-31-9-5-8-30(37)29(31)19-18-27-22-39-20-21-41(27)45(43,44)28-6-3-2-4-7-28/h2-17,27,32-33,38-39H,18-22H2,1H3,(H,40,42)/t27-,33+/m1/s1. The minimum atomic E-state index is -3.76. The van der Waals surface area contributed by atoms with E-state index in [1.54, 1.807) is 67.7 Å². The zero-order valence-electron chi connectivity index (χ0n) is 24.7. The highest BCUT2D eigenvalue weighted by atomic mass is 32.2. The van der Waals surface area contributed by atoms with E-state index in [-0.39, 0.29) is 29.1 Å². The number of likely N-dealkylation sites (N-methyl/N-ethyl adjacent to an activating group) is 1. The van der Waals surface area contributed by atoms with Gasteiger partial charge in [0.2, 0.25) is 15.9 Å². The number of hydrogen-bond donors (Lipinski definition) is 3. The highest BCUT2D eigenvalue weighted by Gasteiger charge is 2.34. The molecule has 3 N–H and O–H groups in total. The van der Waals surface area contributed by atoms with Crippen LogP contribution in [0.3, 0.4) is 0 Å². The molecule has 1 fully saturated rings. The Labute approximate surface area is 261 Å². The van der Waals surface area contributed by atoms with E-state index in [0.29, 0.717) is 30.6 Å². The first-order valence-electron chi connectivity index (χ1n) is 14.7. The molecule has 0 saturated carbocycles. The third kappa shape index (κ3) is 7.45. The molecular weight excluding hydrogens is 601 g/mol. The number of anilines is 1. The maximum absolute atomic E-state index is 15.3. The molecule has 236 valence electrons. The summed E-state index contributed by atoms with van der Waals surface area (Å²) in [7, 11) is -2.16. The number of benzene rings is 4. The van der Waals surface area contributed by atoms with E-state index in [1.807, 2.05) is 0 Å². The van der Waals surface area contributed by atoms with E-state index in [2.05, 4.69) is 16.0 Å². The summed E-state index contributed by atoms with van der Waals surface area (Å²) >= 11 is 0. The van der Waals surface area contributed by atoms with Crippen molar-refractivity contribution in [2.45, 2.75) is 35.7 Å². The molecular formula is C34H35F3N4O3S. The van der Waals surface area contributed by atoms with E-state index in [4.69, 9.17) is 0 Å². The van der Waals surface area contributed by atoms with Crippen LogP contribution in [0.4, 0.5) is 18.9 Å². The SMILES string of the molecule is CN[C@H](C(=O)Nc1cccc(F)c1CC[C@@H]1CNCCN1S(=O)(=O)c1ccccc1)C(c1ccc(F)cc1)c1ccc(F)cc1. The van der Waals surface area contributed by atoms with E-state index < -0.39 is 51.4 Å². The Morgan fingerprint density at radius 2 is 1.51 bits per heavy atom. The molecule has 45 heavy (non-hydrogen) atoms. The van der Waals surface area contributed by atoms with Gasteiger partial charge in [-0.15, -0.1) is 0 Å². The molecule has 11 heteroatoms. The van der Waals surface area contributed by atoms with Crippen LogP contribution in [0, 0.1) is 17.5 Å². The number of amides is 1. The van der Waals surface area contributed by atoms with Crippen molar-refractivity contribution >= 4 is 21.6 Å². The van der Waals surface area contributed by atoms with Gasteiger partial charge in [-0.2, -0.15) is 4.31 Å². The molecule has 0 spiro atoms. The van der Waals surface area contributed by atoms with Gasteiger partial charge in [-0.05, 0) is 79.5 Å². The summed E-state index contributed by atoms with van der Waals surface area (Å²) in [5, 5.41) is 9.13. The Morgan fingerprint density at radius 3 is 2.11 bits per heavy atom. The van der Waals surface area contributed by atoms with Crippen molar-refractivity contribution < 1.29 is 26.4 Å². The number of nitrogens with one attached hydrogen (secondary N) is 3. The summed E-state index contributed by atoms with van der Waals surface area (Å²) in [4.78, 5) is 14.0. The second-order valence-electron chi connectivity index (χ2n) is 10.9. The maximum atomic E-state index is 15.3. The average Bonchev–Trinajstić information content (AvgIpc) is 3.05.